The zero-order valence-electron chi connectivity index (χ0n) is 14.9. The molecule has 1 fully saturated rings. The molecular weight excluding hydrogens is 422 g/mol. The third-order valence-electron chi connectivity index (χ3n) is 4.71. The third-order valence-corrected chi connectivity index (χ3v) is 5.59. The second-order valence-electron chi connectivity index (χ2n) is 6.53. The fourth-order valence-electron chi connectivity index (χ4n) is 3.48. The lowest BCUT2D eigenvalue weighted by molar-refractivity contribution is 0.275. The van der Waals surface area contributed by atoms with Crippen LogP contribution < -0.4 is 5.32 Å². The Bertz CT molecular complexity index is 926. The Morgan fingerprint density at radius 1 is 1.15 bits per heavy atom. The number of hydrogen-bond donors (Lipinski definition) is 1. The van der Waals surface area contributed by atoms with Gasteiger partial charge in [-0.1, -0.05) is 41.1 Å². The topological polar surface area (TPSA) is 41.3 Å². The number of rotatable bonds is 5. The highest BCUT2D eigenvalue weighted by atomic mass is 79.9. The number of nitrogens with one attached hydrogen (secondary N) is 1. The Kier molecular flexibility index (Phi) is 5.27. The molecule has 0 unspecified atom stereocenters. The minimum absolute atomic E-state index is 0.0171. The Morgan fingerprint density at radius 3 is 2.67 bits per heavy atom. The molecule has 6 heteroatoms. The smallest absolute Gasteiger partial charge is 0.170 e. The van der Waals surface area contributed by atoms with Crippen molar-refractivity contribution in [1.82, 2.24) is 15.2 Å². The fraction of sp³-hybridized carbons (Fsp3) is 0.238. The van der Waals surface area contributed by atoms with Gasteiger partial charge in [0, 0.05) is 22.8 Å². The maximum absolute atomic E-state index is 6.29. The number of aromatic nitrogens is 1. The van der Waals surface area contributed by atoms with Crippen LogP contribution in [0.3, 0.4) is 0 Å². The van der Waals surface area contributed by atoms with Gasteiger partial charge in [0.15, 0.2) is 5.11 Å². The largest absolute Gasteiger partial charge is 0.459 e. The number of hydrogen-bond acceptors (Lipinski definition) is 3. The predicted molar refractivity (Wildman–Crippen MR) is 114 cm³/mol. The van der Waals surface area contributed by atoms with Crippen molar-refractivity contribution in [3.05, 3.63) is 76.7 Å². The van der Waals surface area contributed by atoms with Crippen LogP contribution in [-0.4, -0.2) is 21.5 Å². The molecule has 2 atom stereocenters. The standard InChI is InChI=1S/C21H20BrN3OS/c1-2-13-25-20(19(24-21(25)27)16-5-3-4-12-23-16)18-11-10-17(26-18)14-6-8-15(22)9-7-14/h3-12,19-20H,2,13H2,1H3,(H,24,27)/t19-,20-/m0/s1. The van der Waals surface area contributed by atoms with Gasteiger partial charge < -0.3 is 14.6 Å². The normalized spacial score (nSPS) is 19.3. The van der Waals surface area contributed by atoms with Crippen LogP contribution in [0.4, 0.5) is 0 Å². The van der Waals surface area contributed by atoms with Gasteiger partial charge in [0.25, 0.3) is 0 Å². The zero-order chi connectivity index (χ0) is 18.8. The Labute approximate surface area is 172 Å². The van der Waals surface area contributed by atoms with E-state index < -0.39 is 0 Å². The van der Waals surface area contributed by atoms with Crippen LogP contribution in [-0.2, 0) is 0 Å². The lowest BCUT2D eigenvalue weighted by atomic mass is 10.0. The highest BCUT2D eigenvalue weighted by Crippen LogP contribution is 2.40. The van der Waals surface area contributed by atoms with Crippen LogP contribution in [0.2, 0.25) is 0 Å². The summed E-state index contributed by atoms with van der Waals surface area (Å²) in [5.41, 5.74) is 2.01. The van der Waals surface area contributed by atoms with Crippen molar-refractivity contribution in [2.45, 2.75) is 25.4 Å². The van der Waals surface area contributed by atoms with Crippen LogP contribution in [0.1, 0.15) is 36.9 Å². The summed E-state index contributed by atoms with van der Waals surface area (Å²) in [4.78, 5) is 6.75. The highest BCUT2D eigenvalue weighted by Gasteiger charge is 2.41. The number of thiocarbonyl (C=S) groups is 1. The molecule has 4 rings (SSSR count). The molecule has 1 N–H and O–H groups in total. The van der Waals surface area contributed by atoms with Crippen molar-refractivity contribution in [3.63, 3.8) is 0 Å². The summed E-state index contributed by atoms with van der Waals surface area (Å²) < 4.78 is 7.33. The lowest BCUT2D eigenvalue weighted by Gasteiger charge is -2.25. The monoisotopic (exact) mass is 441 g/mol. The third kappa shape index (κ3) is 3.64. The summed E-state index contributed by atoms with van der Waals surface area (Å²) in [6.07, 6.45) is 2.82. The van der Waals surface area contributed by atoms with Gasteiger partial charge in [0.05, 0.1) is 11.7 Å². The molecule has 4 nitrogen and oxygen atoms in total. The van der Waals surface area contributed by atoms with Gasteiger partial charge in [0.2, 0.25) is 0 Å². The molecule has 0 spiro atoms. The van der Waals surface area contributed by atoms with Crippen LogP contribution in [0, 0.1) is 0 Å². The summed E-state index contributed by atoms with van der Waals surface area (Å²) >= 11 is 9.09. The predicted octanol–water partition coefficient (Wildman–Crippen LogP) is 5.49. The van der Waals surface area contributed by atoms with Gasteiger partial charge in [-0.3, -0.25) is 4.98 Å². The number of benzene rings is 1. The molecule has 1 aliphatic heterocycles. The van der Waals surface area contributed by atoms with Crippen LogP contribution in [0.25, 0.3) is 11.3 Å². The molecule has 1 aromatic carbocycles. The van der Waals surface area contributed by atoms with E-state index in [1.165, 1.54) is 0 Å². The number of halogens is 1. The highest BCUT2D eigenvalue weighted by molar-refractivity contribution is 9.10. The van der Waals surface area contributed by atoms with Crippen molar-refractivity contribution in [2.75, 3.05) is 6.54 Å². The summed E-state index contributed by atoms with van der Waals surface area (Å²) in [5.74, 6) is 1.75. The van der Waals surface area contributed by atoms with Crippen molar-refractivity contribution in [3.8, 4) is 11.3 Å². The molecule has 3 heterocycles. The Hall–Kier alpha value is -2.18. The van der Waals surface area contributed by atoms with Gasteiger partial charge in [-0.25, -0.2) is 0 Å². The van der Waals surface area contributed by atoms with Crippen molar-refractivity contribution < 1.29 is 4.42 Å². The summed E-state index contributed by atoms with van der Waals surface area (Å²) in [6, 6.07) is 18.1. The molecule has 1 saturated heterocycles. The number of furan rings is 1. The summed E-state index contributed by atoms with van der Waals surface area (Å²) in [5, 5.41) is 4.19. The quantitative estimate of drug-likeness (QED) is 0.530. The van der Waals surface area contributed by atoms with Gasteiger partial charge in [-0.2, -0.15) is 0 Å². The molecule has 27 heavy (non-hydrogen) atoms. The first-order chi connectivity index (χ1) is 13.2. The molecule has 0 bridgehead atoms. The van der Waals surface area contributed by atoms with Gasteiger partial charge in [-0.15, -0.1) is 0 Å². The summed E-state index contributed by atoms with van der Waals surface area (Å²) in [6.45, 7) is 3.03. The van der Waals surface area contributed by atoms with Gasteiger partial charge in [0.1, 0.15) is 17.6 Å². The van der Waals surface area contributed by atoms with Gasteiger partial charge in [-0.05, 0) is 55.0 Å². The van der Waals surface area contributed by atoms with E-state index >= 15 is 0 Å². The number of pyridine rings is 1. The minimum Gasteiger partial charge on any atom is -0.459 e. The maximum atomic E-state index is 6.29. The molecule has 0 aliphatic carbocycles. The zero-order valence-corrected chi connectivity index (χ0v) is 17.3. The maximum Gasteiger partial charge on any atom is 0.170 e. The molecule has 0 radical (unpaired) electrons. The van der Waals surface area contributed by atoms with Crippen molar-refractivity contribution in [2.24, 2.45) is 0 Å². The Balaban J connectivity index is 1.71. The van der Waals surface area contributed by atoms with E-state index in [0.29, 0.717) is 0 Å². The fourth-order valence-corrected chi connectivity index (χ4v) is 4.07. The van der Waals surface area contributed by atoms with E-state index in [1.54, 1.807) is 0 Å². The van der Waals surface area contributed by atoms with E-state index in [2.05, 4.69) is 44.1 Å². The lowest BCUT2D eigenvalue weighted by Crippen LogP contribution is -2.30. The van der Waals surface area contributed by atoms with Gasteiger partial charge >= 0.3 is 0 Å². The molecule has 3 aromatic rings. The van der Waals surface area contributed by atoms with E-state index in [1.807, 2.05) is 54.7 Å². The molecule has 0 amide bonds. The molecule has 0 saturated carbocycles. The first kappa shape index (κ1) is 18.2. The van der Waals surface area contributed by atoms with Crippen LogP contribution >= 0.6 is 28.1 Å². The van der Waals surface area contributed by atoms with E-state index in [9.17, 15) is 0 Å². The first-order valence-electron chi connectivity index (χ1n) is 9.01. The Morgan fingerprint density at radius 2 is 1.96 bits per heavy atom. The van der Waals surface area contributed by atoms with E-state index in [4.69, 9.17) is 16.6 Å². The number of nitrogens with zero attached hydrogens (tertiary/aromatic N) is 2. The van der Waals surface area contributed by atoms with Crippen LogP contribution in [0.5, 0.6) is 0 Å². The van der Waals surface area contributed by atoms with E-state index in [0.717, 1.165) is 45.3 Å². The van der Waals surface area contributed by atoms with Crippen LogP contribution in [0.15, 0.2) is 69.7 Å². The summed E-state index contributed by atoms with van der Waals surface area (Å²) in [7, 11) is 0. The SMILES string of the molecule is CCCN1C(=S)N[C@@H](c2ccccn2)[C@@H]1c1ccc(-c2ccc(Br)cc2)o1. The second-order valence-corrected chi connectivity index (χ2v) is 7.83. The first-order valence-corrected chi connectivity index (χ1v) is 10.2. The molecule has 1 aliphatic rings. The second kappa shape index (κ2) is 7.82. The average Bonchev–Trinajstić information content (AvgIpc) is 3.29. The minimum atomic E-state index is -0.0332. The van der Waals surface area contributed by atoms with Crippen molar-refractivity contribution >= 4 is 33.3 Å². The van der Waals surface area contributed by atoms with E-state index in [-0.39, 0.29) is 12.1 Å². The van der Waals surface area contributed by atoms with Crippen molar-refractivity contribution in [1.29, 1.82) is 0 Å². The molecular formula is C21H20BrN3OS. The average molecular weight is 442 g/mol. The molecule has 2 aromatic heterocycles. The molecule has 138 valence electrons.